The molecule has 0 saturated carbocycles. The number of likely N-dealkylation sites (tertiary alicyclic amines) is 1. The van der Waals surface area contributed by atoms with Crippen LogP contribution in [0.15, 0.2) is 71.6 Å². The summed E-state index contributed by atoms with van der Waals surface area (Å²) >= 11 is 0. The van der Waals surface area contributed by atoms with E-state index in [9.17, 15) is 24.6 Å². The Morgan fingerprint density at radius 3 is 2.09 bits per heavy atom. The summed E-state index contributed by atoms with van der Waals surface area (Å²) < 4.78 is 0. The Kier molecular flexibility index (Phi) is 11.3. The van der Waals surface area contributed by atoms with Crippen molar-refractivity contribution in [3.8, 4) is 0 Å². The Morgan fingerprint density at radius 2 is 1.55 bits per heavy atom. The van der Waals surface area contributed by atoms with E-state index in [1.165, 1.54) is 19.2 Å². The van der Waals surface area contributed by atoms with Crippen LogP contribution in [0.4, 0.5) is 0 Å². The number of aliphatic hydroxyl groups excluding tert-OH is 2. The van der Waals surface area contributed by atoms with Gasteiger partial charge in [-0.1, -0.05) is 75.0 Å². The van der Waals surface area contributed by atoms with Crippen molar-refractivity contribution in [3.05, 3.63) is 71.6 Å². The van der Waals surface area contributed by atoms with Gasteiger partial charge in [-0.25, -0.2) is 0 Å². The van der Waals surface area contributed by atoms with Crippen molar-refractivity contribution in [2.75, 3.05) is 7.05 Å². The average molecular weight is 458 g/mol. The topological polar surface area (TPSA) is 115 Å². The molecule has 3 unspecified atom stereocenters. The Hall–Kier alpha value is -3.19. The lowest BCUT2D eigenvalue weighted by Crippen LogP contribution is -2.32. The molecule has 0 aromatic rings. The van der Waals surface area contributed by atoms with Crippen LogP contribution in [0, 0.1) is 11.8 Å². The molecule has 3 atom stereocenters. The molecule has 1 rings (SSSR count). The largest absolute Gasteiger partial charge is 0.507 e. The van der Waals surface area contributed by atoms with Crippen LogP contribution in [0.3, 0.4) is 0 Å². The second kappa shape index (κ2) is 13.4. The minimum Gasteiger partial charge on any atom is -0.507 e. The van der Waals surface area contributed by atoms with Crippen molar-refractivity contribution in [1.29, 1.82) is 0 Å². The van der Waals surface area contributed by atoms with E-state index in [1.54, 1.807) is 18.2 Å². The van der Waals surface area contributed by atoms with Gasteiger partial charge in [0.05, 0.1) is 12.1 Å². The Labute approximate surface area is 195 Å². The summed E-state index contributed by atoms with van der Waals surface area (Å²) in [6.07, 6.45) is 15.0. The predicted octanol–water partition coefficient (Wildman–Crippen LogP) is 3.90. The van der Waals surface area contributed by atoms with Crippen molar-refractivity contribution in [2.45, 2.75) is 52.7 Å². The van der Waals surface area contributed by atoms with Crippen LogP contribution in [0.5, 0.6) is 0 Å². The normalized spacial score (nSPS) is 21.5. The Bertz CT molecular complexity index is 904. The smallest absolute Gasteiger partial charge is 0.303 e. The summed E-state index contributed by atoms with van der Waals surface area (Å²) in [4.78, 5) is 36.6. The highest BCUT2D eigenvalue weighted by atomic mass is 16.4. The van der Waals surface area contributed by atoms with Gasteiger partial charge in [0.2, 0.25) is 0 Å². The number of aliphatic hydroxyl groups is 2. The molecule has 1 amide bonds. The molecule has 0 radical (unpaired) electrons. The van der Waals surface area contributed by atoms with Gasteiger partial charge in [0.1, 0.15) is 11.3 Å². The fourth-order valence-electron chi connectivity index (χ4n) is 3.46. The number of hydrogen-bond donors (Lipinski definition) is 3. The third-order valence-electron chi connectivity index (χ3n) is 5.35. The van der Waals surface area contributed by atoms with Crippen LogP contribution in [-0.2, 0) is 14.4 Å². The standard InChI is InChI=1S/C26H35NO6/c1-17(2)24(31)19(4)16-18(3)12-10-8-6-7-9-11-13-21(28)23-25(32)20(14-15-22(29)30)27(5)26(23)33/h6-13,16-17,19-20,24,28,31H,14-15H2,1-5H3,(H,29,30)/b8-6+,9-7+,12-10+,13-11+,18-16+,23-21?. The fourth-order valence-corrected chi connectivity index (χ4v) is 3.46. The number of allylic oxidation sites excluding steroid dienone is 9. The third kappa shape index (κ3) is 8.69. The van der Waals surface area contributed by atoms with Crippen molar-refractivity contribution < 1.29 is 29.7 Å². The van der Waals surface area contributed by atoms with Crippen molar-refractivity contribution in [2.24, 2.45) is 11.8 Å². The first-order valence-corrected chi connectivity index (χ1v) is 11.0. The van der Waals surface area contributed by atoms with Crippen molar-refractivity contribution in [3.63, 3.8) is 0 Å². The predicted molar refractivity (Wildman–Crippen MR) is 128 cm³/mol. The van der Waals surface area contributed by atoms with Crippen molar-refractivity contribution in [1.82, 2.24) is 4.90 Å². The number of carbonyl (C=O) groups is 3. The quantitative estimate of drug-likeness (QED) is 0.188. The molecule has 0 aromatic heterocycles. The van der Waals surface area contributed by atoms with Gasteiger partial charge in [-0.3, -0.25) is 14.4 Å². The number of carboxylic acids is 1. The van der Waals surface area contributed by atoms with Gasteiger partial charge in [-0.05, 0) is 25.3 Å². The lowest BCUT2D eigenvalue weighted by molar-refractivity contribution is -0.138. The summed E-state index contributed by atoms with van der Waals surface area (Å²) in [7, 11) is 1.42. The van der Waals surface area contributed by atoms with Gasteiger partial charge in [0.25, 0.3) is 5.91 Å². The summed E-state index contributed by atoms with van der Waals surface area (Å²) in [5, 5.41) is 29.0. The zero-order valence-corrected chi connectivity index (χ0v) is 19.9. The van der Waals surface area contributed by atoms with E-state index in [0.717, 1.165) is 10.5 Å². The number of rotatable bonds is 11. The highest BCUT2D eigenvalue weighted by Crippen LogP contribution is 2.24. The molecule has 3 N–H and O–H groups in total. The summed E-state index contributed by atoms with van der Waals surface area (Å²) in [6.45, 7) is 7.93. The number of carbonyl (C=O) groups excluding carboxylic acids is 2. The number of nitrogens with zero attached hydrogens (tertiary/aromatic N) is 1. The monoisotopic (exact) mass is 457 g/mol. The van der Waals surface area contributed by atoms with E-state index in [4.69, 9.17) is 5.11 Å². The van der Waals surface area contributed by atoms with Crippen LogP contribution in [0.2, 0.25) is 0 Å². The lowest BCUT2D eigenvalue weighted by Gasteiger charge is -2.19. The SMILES string of the molecule is CC(/C=C/C=C/C=C/C=C/C(O)=C1C(=O)C(CCC(=O)O)N(C)C1=O)=C\C(C)C(O)C(C)C. The molecule has 0 spiro atoms. The average Bonchev–Trinajstić information content (AvgIpc) is 2.95. The number of amides is 1. The first kappa shape index (κ1) is 27.8. The zero-order chi connectivity index (χ0) is 25.1. The van der Waals surface area contributed by atoms with Crippen LogP contribution in [0.1, 0.15) is 40.5 Å². The van der Waals surface area contributed by atoms with E-state index in [2.05, 4.69) is 0 Å². The van der Waals surface area contributed by atoms with Crippen molar-refractivity contribution >= 4 is 17.7 Å². The molecule has 1 heterocycles. The first-order chi connectivity index (χ1) is 15.5. The minimum atomic E-state index is -1.05. The number of Topliss-reactive ketones (excluding diaryl/α,β-unsaturated/α-hetero) is 1. The molecule has 7 heteroatoms. The van der Waals surface area contributed by atoms with E-state index in [0.29, 0.717) is 0 Å². The maximum Gasteiger partial charge on any atom is 0.303 e. The molecular formula is C26H35NO6. The molecule has 0 aliphatic carbocycles. The Morgan fingerprint density at radius 1 is 1.00 bits per heavy atom. The molecule has 7 nitrogen and oxygen atoms in total. The third-order valence-corrected chi connectivity index (χ3v) is 5.35. The molecular weight excluding hydrogens is 422 g/mol. The Balaban J connectivity index is 2.68. The van der Waals surface area contributed by atoms with Gasteiger partial charge in [-0.2, -0.15) is 0 Å². The van der Waals surface area contributed by atoms with Crippen LogP contribution in [-0.4, -0.2) is 57.1 Å². The molecule has 0 bridgehead atoms. The second-order valence-electron chi connectivity index (χ2n) is 8.48. The minimum absolute atomic E-state index is 0.000991. The molecule has 1 saturated heterocycles. The maximum absolute atomic E-state index is 12.4. The molecule has 1 aliphatic heterocycles. The lowest BCUT2D eigenvalue weighted by atomic mass is 9.93. The highest BCUT2D eigenvalue weighted by molar-refractivity contribution is 6.26. The number of likely N-dealkylation sites (N-methyl/N-ethyl adjacent to an activating group) is 1. The van der Waals surface area contributed by atoms with Gasteiger partial charge < -0.3 is 20.2 Å². The summed E-state index contributed by atoms with van der Waals surface area (Å²) in [5.74, 6) is -2.42. The molecule has 1 aliphatic rings. The first-order valence-electron chi connectivity index (χ1n) is 11.0. The van der Waals surface area contributed by atoms with Gasteiger partial charge in [-0.15, -0.1) is 0 Å². The van der Waals surface area contributed by atoms with Gasteiger partial charge in [0, 0.05) is 19.4 Å². The van der Waals surface area contributed by atoms with Gasteiger partial charge >= 0.3 is 5.97 Å². The van der Waals surface area contributed by atoms with E-state index in [-0.39, 0.29) is 36.4 Å². The highest BCUT2D eigenvalue weighted by Gasteiger charge is 2.42. The number of hydrogen-bond acceptors (Lipinski definition) is 5. The summed E-state index contributed by atoms with van der Waals surface area (Å²) in [6, 6.07) is -0.876. The molecule has 1 fully saturated rings. The fraction of sp³-hybridized carbons (Fsp3) is 0.423. The molecule has 33 heavy (non-hydrogen) atoms. The van der Waals surface area contributed by atoms with Gasteiger partial charge in [0.15, 0.2) is 5.78 Å². The van der Waals surface area contributed by atoms with E-state index < -0.39 is 29.5 Å². The van der Waals surface area contributed by atoms with E-state index in [1.807, 2.05) is 52.0 Å². The molecule has 180 valence electrons. The number of carboxylic acid groups (broad SMARTS) is 1. The second-order valence-corrected chi connectivity index (χ2v) is 8.48. The van der Waals surface area contributed by atoms with Crippen LogP contribution >= 0.6 is 0 Å². The number of ketones is 1. The zero-order valence-electron chi connectivity index (χ0n) is 19.9. The van der Waals surface area contributed by atoms with E-state index >= 15 is 0 Å². The summed E-state index contributed by atoms with van der Waals surface area (Å²) in [5.41, 5.74) is 0.722. The maximum atomic E-state index is 12.4. The molecule has 0 aromatic carbocycles. The number of aliphatic carboxylic acids is 1. The van der Waals surface area contributed by atoms with Crippen LogP contribution < -0.4 is 0 Å². The van der Waals surface area contributed by atoms with Crippen LogP contribution in [0.25, 0.3) is 0 Å².